The third-order valence-corrected chi connectivity index (χ3v) is 6.32. The largest absolute Gasteiger partial charge is 0.305 e. The molecule has 2 aromatic carbocycles. The van der Waals surface area contributed by atoms with E-state index in [1.165, 1.54) is 6.20 Å². The maximum absolute atomic E-state index is 13.7. The zero-order chi connectivity index (χ0) is 15.4. The SMILES string of the molecule is O=C(c1cccnc1)P(=O)(c1ccccc1)c1ccccc1. The highest BCUT2D eigenvalue weighted by molar-refractivity contribution is 7.93. The Kier molecular flexibility index (Phi) is 3.99. The lowest BCUT2D eigenvalue weighted by molar-refractivity contribution is 0.107. The van der Waals surface area contributed by atoms with Gasteiger partial charge in [-0.3, -0.25) is 9.78 Å². The Labute approximate surface area is 129 Å². The summed E-state index contributed by atoms with van der Waals surface area (Å²) in [7, 11) is -3.42. The van der Waals surface area contributed by atoms with Gasteiger partial charge in [0.15, 0.2) is 0 Å². The normalized spacial score (nSPS) is 11.1. The van der Waals surface area contributed by atoms with E-state index in [4.69, 9.17) is 0 Å². The van der Waals surface area contributed by atoms with E-state index in [0.717, 1.165) is 0 Å². The Morgan fingerprint density at radius 1 is 0.773 bits per heavy atom. The molecule has 3 rings (SSSR count). The molecule has 4 heteroatoms. The molecule has 0 radical (unpaired) electrons. The van der Waals surface area contributed by atoms with E-state index in [0.29, 0.717) is 16.2 Å². The molecule has 0 atom stereocenters. The second kappa shape index (κ2) is 6.08. The molecule has 1 aromatic heterocycles. The highest BCUT2D eigenvalue weighted by Crippen LogP contribution is 2.46. The number of hydrogen-bond donors (Lipinski definition) is 0. The number of hydrogen-bond acceptors (Lipinski definition) is 3. The Bertz CT molecular complexity index is 774. The quantitative estimate of drug-likeness (QED) is 0.695. The molecule has 108 valence electrons. The molecule has 0 amide bonds. The minimum absolute atomic E-state index is 0.360. The molecule has 0 aliphatic carbocycles. The fraction of sp³-hybridized carbons (Fsp3) is 0. The van der Waals surface area contributed by atoms with E-state index in [-0.39, 0.29) is 0 Å². The summed E-state index contributed by atoms with van der Waals surface area (Å²) in [6.45, 7) is 0. The minimum Gasteiger partial charge on any atom is -0.305 e. The summed E-state index contributed by atoms with van der Waals surface area (Å²) in [5, 5.41) is 1.07. The average Bonchev–Trinajstić information content (AvgIpc) is 2.62. The number of benzene rings is 2. The summed E-state index contributed by atoms with van der Waals surface area (Å²) in [4.78, 5) is 16.9. The van der Waals surface area contributed by atoms with Crippen molar-refractivity contribution in [2.75, 3.05) is 0 Å². The summed E-state index contributed by atoms with van der Waals surface area (Å²) in [5.74, 6) is 0. The van der Waals surface area contributed by atoms with Crippen molar-refractivity contribution >= 4 is 23.3 Å². The lowest BCUT2D eigenvalue weighted by atomic mass is 10.3. The van der Waals surface area contributed by atoms with Crippen LogP contribution in [0.1, 0.15) is 10.4 Å². The van der Waals surface area contributed by atoms with Gasteiger partial charge in [0, 0.05) is 28.6 Å². The first-order valence-electron chi connectivity index (χ1n) is 6.89. The van der Waals surface area contributed by atoms with E-state index < -0.39 is 12.7 Å². The fourth-order valence-electron chi connectivity index (χ4n) is 2.33. The molecule has 0 spiro atoms. The van der Waals surface area contributed by atoms with Gasteiger partial charge in [0.1, 0.15) is 0 Å². The van der Waals surface area contributed by atoms with Crippen molar-refractivity contribution in [2.45, 2.75) is 0 Å². The van der Waals surface area contributed by atoms with Gasteiger partial charge in [-0.25, -0.2) is 0 Å². The minimum atomic E-state index is -3.42. The number of pyridine rings is 1. The molecule has 3 aromatic rings. The molecule has 0 bridgehead atoms. The zero-order valence-corrected chi connectivity index (χ0v) is 12.7. The van der Waals surface area contributed by atoms with Crippen LogP contribution in [0, 0.1) is 0 Å². The average molecular weight is 307 g/mol. The first-order valence-corrected chi connectivity index (χ1v) is 8.60. The molecule has 1 heterocycles. The third-order valence-electron chi connectivity index (χ3n) is 3.43. The van der Waals surface area contributed by atoms with E-state index in [1.54, 1.807) is 66.9 Å². The fourth-order valence-corrected chi connectivity index (χ4v) is 4.78. The van der Waals surface area contributed by atoms with Crippen LogP contribution in [-0.2, 0) is 4.57 Å². The third kappa shape index (κ3) is 2.51. The van der Waals surface area contributed by atoms with Crippen LogP contribution in [0.4, 0.5) is 0 Å². The number of carbonyl (C=O) groups is 1. The van der Waals surface area contributed by atoms with Crippen molar-refractivity contribution < 1.29 is 9.36 Å². The first-order chi connectivity index (χ1) is 10.7. The molecular weight excluding hydrogens is 293 g/mol. The van der Waals surface area contributed by atoms with Crippen LogP contribution in [0.5, 0.6) is 0 Å². The van der Waals surface area contributed by atoms with Crippen LogP contribution in [0.3, 0.4) is 0 Å². The Hall–Kier alpha value is -2.51. The highest BCUT2D eigenvalue weighted by Gasteiger charge is 2.36. The van der Waals surface area contributed by atoms with Crippen LogP contribution in [-0.4, -0.2) is 10.5 Å². The van der Waals surface area contributed by atoms with Gasteiger partial charge >= 0.3 is 0 Å². The second-order valence-electron chi connectivity index (χ2n) is 4.83. The van der Waals surface area contributed by atoms with Crippen LogP contribution in [0.15, 0.2) is 85.2 Å². The number of carbonyl (C=O) groups excluding carboxylic acids is 1. The molecule has 0 unspecified atom stereocenters. The summed E-state index contributed by atoms with van der Waals surface area (Å²) in [5.41, 5.74) is -0.0310. The van der Waals surface area contributed by atoms with Crippen molar-refractivity contribution in [1.82, 2.24) is 4.98 Å². The van der Waals surface area contributed by atoms with Gasteiger partial charge in [-0.2, -0.15) is 0 Å². The standard InChI is InChI=1S/C18H14NO2P/c20-18(15-8-7-13-19-14-15)22(21,16-9-3-1-4-10-16)17-11-5-2-6-12-17/h1-14H. The zero-order valence-electron chi connectivity index (χ0n) is 11.8. The maximum Gasteiger partial charge on any atom is 0.231 e. The van der Waals surface area contributed by atoms with Crippen LogP contribution in [0.25, 0.3) is 0 Å². The topological polar surface area (TPSA) is 47.0 Å². The van der Waals surface area contributed by atoms with Gasteiger partial charge in [-0.1, -0.05) is 60.7 Å². The molecule has 0 N–H and O–H groups in total. The Morgan fingerprint density at radius 3 is 1.77 bits per heavy atom. The van der Waals surface area contributed by atoms with Crippen molar-refractivity contribution in [3.05, 3.63) is 90.8 Å². The van der Waals surface area contributed by atoms with Gasteiger partial charge in [-0.05, 0) is 12.1 Å². The van der Waals surface area contributed by atoms with E-state index in [1.807, 2.05) is 12.1 Å². The van der Waals surface area contributed by atoms with E-state index in [2.05, 4.69) is 4.98 Å². The van der Waals surface area contributed by atoms with Gasteiger partial charge in [0.25, 0.3) is 0 Å². The summed E-state index contributed by atoms with van der Waals surface area (Å²) in [6.07, 6.45) is 3.05. The van der Waals surface area contributed by atoms with Crippen LogP contribution >= 0.6 is 7.14 Å². The predicted molar refractivity (Wildman–Crippen MR) is 88.3 cm³/mol. The number of aromatic nitrogens is 1. The van der Waals surface area contributed by atoms with Gasteiger partial charge in [0.2, 0.25) is 12.7 Å². The van der Waals surface area contributed by atoms with Crippen LogP contribution < -0.4 is 10.6 Å². The molecular formula is C18H14NO2P. The van der Waals surface area contributed by atoms with E-state index in [9.17, 15) is 9.36 Å². The van der Waals surface area contributed by atoms with Crippen molar-refractivity contribution in [1.29, 1.82) is 0 Å². The second-order valence-corrected chi connectivity index (χ2v) is 7.48. The molecule has 0 saturated carbocycles. The predicted octanol–water partition coefficient (Wildman–Crippen LogP) is 3.24. The van der Waals surface area contributed by atoms with Crippen molar-refractivity contribution in [2.24, 2.45) is 0 Å². The Balaban J connectivity index is 2.21. The first kappa shape index (κ1) is 14.4. The Morgan fingerprint density at radius 2 is 1.32 bits per heavy atom. The number of rotatable bonds is 4. The molecule has 0 fully saturated rings. The molecule has 3 nitrogen and oxygen atoms in total. The molecule has 22 heavy (non-hydrogen) atoms. The maximum atomic E-state index is 13.7. The van der Waals surface area contributed by atoms with Gasteiger partial charge in [-0.15, -0.1) is 0 Å². The highest BCUT2D eigenvalue weighted by atomic mass is 31.2. The smallest absolute Gasteiger partial charge is 0.231 e. The lowest BCUT2D eigenvalue weighted by Crippen LogP contribution is -2.22. The summed E-state index contributed by atoms with van der Waals surface area (Å²) >= 11 is 0. The molecule has 0 aliphatic heterocycles. The van der Waals surface area contributed by atoms with E-state index >= 15 is 0 Å². The van der Waals surface area contributed by atoms with Crippen LogP contribution in [0.2, 0.25) is 0 Å². The summed E-state index contributed by atoms with van der Waals surface area (Å²) < 4.78 is 13.7. The monoisotopic (exact) mass is 307 g/mol. The van der Waals surface area contributed by atoms with Gasteiger partial charge in [0.05, 0.1) is 0 Å². The van der Waals surface area contributed by atoms with Crippen molar-refractivity contribution in [3.63, 3.8) is 0 Å². The lowest BCUT2D eigenvalue weighted by Gasteiger charge is -2.17. The molecule has 0 saturated heterocycles. The van der Waals surface area contributed by atoms with Gasteiger partial charge < -0.3 is 4.57 Å². The van der Waals surface area contributed by atoms with Crippen molar-refractivity contribution in [3.8, 4) is 0 Å². The number of nitrogens with zero attached hydrogens (tertiary/aromatic N) is 1. The molecule has 0 aliphatic rings. The summed E-state index contributed by atoms with van der Waals surface area (Å²) in [6, 6.07) is 21.1.